The lowest BCUT2D eigenvalue weighted by Crippen LogP contribution is -2.45. The van der Waals surface area contributed by atoms with Crippen molar-refractivity contribution in [3.8, 4) is 16.9 Å². The fourth-order valence-electron chi connectivity index (χ4n) is 3.19. The highest BCUT2D eigenvalue weighted by Gasteiger charge is 2.32. The number of hydrogen-bond acceptors (Lipinski definition) is 4. The van der Waals surface area contributed by atoms with E-state index in [2.05, 4.69) is 4.98 Å². The highest BCUT2D eigenvalue weighted by Crippen LogP contribution is 2.28. The molecule has 2 atom stereocenters. The molecule has 3 aromatic rings. The smallest absolute Gasteiger partial charge is 0.327 e. The second-order valence-corrected chi connectivity index (χ2v) is 8.12. The molecule has 2 N–H and O–H groups in total. The monoisotopic (exact) mass is 440 g/mol. The maximum atomic E-state index is 11.9. The Morgan fingerprint density at radius 1 is 1.03 bits per heavy atom. The van der Waals surface area contributed by atoms with Crippen molar-refractivity contribution in [3.05, 3.63) is 78.6 Å². The highest BCUT2D eigenvalue weighted by atomic mass is 32.2. The van der Waals surface area contributed by atoms with E-state index >= 15 is 0 Å². The number of carboxylic acids is 1. The molecule has 7 nitrogen and oxygen atoms in total. The second-order valence-electron chi connectivity index (χ2n) is 7.26. The minimum Gasteiger partial charge on any atom is -0.487 e. The van der Waals surface area contributed by atoms with E-state index in [4.69, 9.17) is 4.74 Å². The third-order valence-electron chi connectivity index (χ3n) is 4.73. The van der Waals surface area contributed by atoms with E-state index in [0.29, 0.717) is 18.0 Å². The number of aliphatic carboxylic acids is 1. The number of rotatable bonds is 9. The van der Waals surface area contributed by atoms with Gasteiger partial charge in [0.05, 0.1) is 11.4 Å². The molecule has 0 aliphatic heterocycles. The van der Waals surface area contributed by atoms with Gasteiger partial charge >= 0.3 is 5.97 Å². The number of pyridine rings is 1. The largest absolute Gasteiger partial charge is 0.487 e. The van der Waals surface area contributed by atoms with Crippen molar-refractivity contribution in [2.75, 3.05) is 4.31 Å². The Kier molecular flexibility index (Phi) is 7.38. The molecule has 8 heteroatoms. The average molecular weight is 441 g/mol. The molecule has 0 spiro atoms. The summed E-state index contributed by atoms with van der Waals surface area (Å²) in [6.45, 7) is 3.78. The summed E-state index contributed by atoms with van der Waals surface area (Å²) in [7, 11) is 0. The summed E-state index contributed by atoms with van der Waals surface area (Å²) in [4.78, 5) is 15.8. The van der Waals surface area contributed by atoms with Crippen molar-refractivity contribution in [1.82, 2.24) is 4.98 Å². The molecule has 0 radical (unpaired) electrons. The molecule has 162 valence electrons. The van der Waals surface area contributed by atoms with Gasteiger partial charge in [-0.3, -0.25) is 13.8 Å². The van der Waals surface area contributed by atoms with Crippen molar-refractivity contribution in [3.63, 3.8) is 0 Å². The first-order valence-electron chi connectivity index (χ1n) is 9.73. The van der Waals surface area contributed by atoms with E-state index in [9.17, 15) is 18.7 Å². The minimum atomic E-state index is -2.47. The summed E-state index contributed by atoms with van der Waals surface area (Å²) in [6, 6.07) is 19.0. The quantitative estimate of drug-likeness (QED) is 0.479. The number of carbonyl (C=O) groups is 1. The topological polar surface area (TPSA) is 100.0 Å². The molecule has 1 heterocycles. The molecule has 0 aliphatic rings. The van der Waals surface area contributed by atoms with Crippen LogP contribution in [0.2, 0.25) is 0 Å². The number of aromatic nitrogens is 1. The number of hydrogen-bond donors (Lipinski definition) is 2. The van der Waals surface area contributed by atoms with Gasteiger partial charge in [-0.2, -0.15) is 0 Å². The van der Waals surface area contributed by atoms with Crippen LogP contribution in [0.25, 0.3) is 11.1 Å². The Hall–Kier alpha value is -3.23. The minimum absolute atomic E-state index is 0.355. The summed E-state index contributed by atoms with van der Waals surface area (Å²) >= 11 is -2.47. The van der Waals surface area contributed by atoms with Gasteiger partial charge in [0.1, 0.15) is 18.4 Å². The van der Waals surface area contributed by atoms with Crippen LogP contribution in [0, 0.1) is 5.92 Å². The Morgan fingerprint density at radius 3 is 2.13 bits per heavy atom. The Bertz CT molecular complexity index is 1020. The second kappa shape index (κ2) is 10.2. The summed E-state index contributed by atoms with van der Waals surface area (Å²) in [5.74, 6) is -0.788. The van der Waals surface area contributed by atoms with Gasteiger partial charge in [0.25, 0.3) is 11.3 Å². The molecular weight excluding hydrogens is 416 g/mol. The first-order valence-corrected chi connectivity index (χ1v) is 10.8. The third kappa shape index (κ3) is 5.68. The van der Waals surface area contributed by atoms with Gasteiger partial charge in [0.2, 0.25) is 0 Å². The molecule has 3 rings (SSSR count). The standard InChI is InChI=1S/C23H24N2O5S/c1-16(2)22(23(26)27)25(31(28)29)20-10-6-17(7-11-20)18-8-12-21(13-9-18)30-15-19-5-3-4-14-24-19/h3-14,16,22H,15H2,1-2H3,(H,26,27)(H,28,29). The lowest BCUT2D eigenvalue weighted by molar-refractivity contribution is -0.139. The van der Waals surface area contributed by atoms with Crippen LogP contribution in [0.3, 0.4) is 0 Å². The molecule has 0 saturated heterocycles. The summed E-state index contributed by atoms with van der Waals surface area (Å²) in [6.07, 6.45) is 1.72. The number of benzene rings is 2. The van der Waals surface area contributed by atoms with Gasteiger partial charge in [-0.15, -0.1) is 0 Å². The molecule has 0 bridgehead atoms. The first-order chi connectivity index (χ1) is 14.9. The third-order valence-corrected chi connectivity index (χ3v) is 5.50. The SMILES string of the molecule is CC(C)C(C(=O)O)N(c1ccc(-c2ccc(OCc3ccccn3)cc2)cc1)S(=O)O. The van der Waals surface area contributed by atoms with Gasteiger partial charge in [0, 0.05) is 6.20 Å². The molecular formula is C23H24N2O5S. The highest BCUT2D eigenvalue weighted by molar-refractivity contribution is 7.80. The number of anilines is 1. The number of carboxylic acid groups (broad SMARTS) is 1. The molecule has 2 unspecified atom stereocenters. The van der Waals surface area contributed by atoms with Gasteiger partial charge in [-0.05, 0) is 53.4 Å². The predicted octanol–water partition coefficient (Wildman–Crippen LogP) is 4.38. The van der Waals surface area contributed by atoms with Crippen molar-refractivity contribution >= 4 is 22.9 Å². The number of ether oxygens (including phenoxy) is 1. The van der Waals surface area contributed by atoms with Crippen molar-refractivity contribution in [2.24, 2.45) is 5.92 Å². The van der Waals surface area contributed by atoms with Gasteiger partial charge in [0.15, 0.2) is 0 Å². The van der Waals surface area contributed by atoms with Crippen LogP contribution in [-0.4, -0.2) is 30.9 Å². The molecule has 0 fully saturated rings. The molecule has 2 aromatic carbocycles. The lowest BCUT2D eigenvalue weighted by Gasteiger charge is -2.29. The zero-order chi connectivity index (χ0) is 22.4. The summed E-state index contributed by atoms with van der Waals surface area (Å²) in [5, 5.41) is 9.50. The van der Waals surface area contributed by atoms with E-state index in [1.807, 2.05) is 42.5 Å². The van der Waals surface area contributed by atoms with Crippen LogP contribution >= 0.6 is 0 Å². The Labute approximate surface area is 183 Å². The van der Waals surface area contributed by atoms with Gasteiger partial charge < -0.3 is 9.84 Å². The fraction of sp³-hybridized carbons (Fsp3) is 0.217. The molecule has 1 aromatic heterocycles. The predicted molar refractivity (Wildman–Crippen MR) is 120 cm³/mol. The van der Waals surface area contributed by atoms with Crippen LogP contribution in [0.15, 0.2) is 72.9 Å². The normalized spacial score (nSPS) is 12.9. The van der Waals surface area contributed by atoms with Crippen LogP contribution in [0.5, 0.6) is 5.75 Å². The van der Waals surface area contributed by atoms with Crippen molar-refractivity contribution < 1.29 is 23.4 Å². The lowest BCUT2D eigenvalue weighted by atomic mass is 10.0. The van der Waals surface area contributed by atoms with Crippen LogP contribution < -0.4 is 9.04 Å². The summed E-state index contributed by atoms with van der Waals surface area (Å²) in [5.41, 5.74) is 3.03. The van der Waals surface area contributed by atoms with Crippen LogP contribution in [-0.2, 0) is 22.7 Å². The van der Waals surface area contributed by atoms with Gasteiger partial charge in [-0.25, -0.2) is 9.00 Å². The molecule has 31 heavy (non-hydrogen) atoms. The zero-order valence-corrected chi connectivity index (χ0v) is 18.0. The Balaban J connectivity index is 1.74. The van der Waals surface area contributed by atoms with Crippen LogP contribution in [0.4, 0.5) is 5.69 Å². The average Bonchev–Trinajstić information content (AvgIpc) is 2.76. The van der Waals surface area contributed by atoms with E-state index in [1.165, 1.54) is 0 Å². The Morgan fingerprint density at radius 2 is 1.65 bits per heavy atom. The maximum Gasteiger partial charge on any atom is 0.327 e. The van der Waals surface area contributed by atoms with E-state index in [-0.39, 0.29) is 5.92 Å². The van der Waals surface area contributed by atoms with E-state index < -0.39 is 23.3 Å². The molecule has 0 amide bonds. The van der Waals surface area contributed by atoms with E-state index in [1.54, 1.807) is 44.3 Å². The zero-order valence-electron chi connectivity index (χ0n) is 17.2. The summed E-state index contributed by atoms with van der Waals surface area (Å²) < 4.78 is 28.3. The maximum absolute atomic E-state index is 11.9. The molecule has 0 aliphatic carbocycles. The molecule has 0 saturated carbocycles. The fourth-order valence-corrected chi connectivity index (χ4v) is 4.02. The van der Waals surface area contributed by atoms with E-state index in [0.717, 1.165) is 21.1 Å². The van der Waals surface area contributed by atoms with Crippen molar-refractivity contribution in [1.29, 1.82) is 0 Å². The first kappa shape index (κ1) is 22.5. The van der Waals surface area contributed by atoms with Gasteiger partial charge in [-0.1, -0.05) is 44.2 Å². The number of nitrogens with zero attached hydrogens (tertiary/aromatic N) is 2. The van der Waals surface area contributed by atoms with Crippen LogP contribution in [0.1, 0.15) is 19.5 Å². The van der Waals surface area contributed by atoms with Crippen molar-refractivity contribution in [2.45, 2.75) is 26.5 Å².